The number of piperazine rings is 1. The second-order valence-electron chi connectivity index (χ2n) is 6.85. The van der Waals surface area contributed by atoms with E-state index in [1.165, 1.54) is 4.88 Å². The smallest absolute Gasteiger partial charge is 0.251 e. The van der Waals surface area contributed by atoms with Gasteiger partial charge in [-0.2, -0.15) is 0 Å². The third-order valence-electron chi connectivity index (χ3n) is 4.96. The maximum absolute atomic E-state index is 11.8. The van der Waals surface area contributed by atoms with Gasteiger partial charge in [0.2, 0.25) is 0 Å². The summed E-state index contributed by atoms with van der Waals surface area (Å²) in [5, 5.41) is 8.28. The van der Waals surface area contributed by atoms with Gasteiger partial charge >= 0.3 is 0 Å². The second-order valence-corrected chi connectivity index (χ2v) is 7.88. The van der Waals surface area contributed by atoms with Gasteiger partial charge in [0.15, 0.2) is 5.96 Å². The van der Waals surface area contributed by atoms with Gasteiger partial charge in [-0.15, -0.1) is 35.3 Å². The molecular weight excluding hydrogens is 497 g/mol. The van der Waals surface area contributed by atoms with Crippen molar-refractivity contribution in [3.05, 3.63) is 57.8 Å². The van der Waals surface area contributed by atoms with Crippen LogP contribution in [-0.4, -0.2) is 68.5 Å². The molecule has 1 amide bonds. The molecule has 1 aromatic carbocycles. The van der Waals surface area contributed by atoms with E-state index >= 15 is 0 Å². The largest absolute Gasteiger partial charge is 0.356 e. The minimum absolute atomic E-state index is 0. The standard InChI is InChI=1S/C21H29N5OS.HI/c1-22-20(27)18-6-3-5-17(15-18)8-9-24-21(23-2)26-12-10-25(11-13-26)16-19-7-4-14-28-19;/h3-7,14-15H,8-13,16H2,1-2H3,(H,22,27)(H,23,24);1H. The Morgan fingerprint density at radius 1 is 1.17 bits per heavy atom. The molecule has 1 aromatic heterocycles. The third-order valence-corrected chi connectivity index (χ3v) is 5.82. The molecule has 2 heterocycles. The summed E-state index contributed by atoms with van der Waals surface area (Å²) in [6.07, 6.45) is 0.849. The zero-order chi connectivity index (χ0) is 19.8. The van der Waals surface area contributed by atoms with Crippen LogP contribution in [0, 0.1) is 0 Å². The zero-order valence-electron chi connectivity index (χ0n) is 17.1. The molecule has 0 aliphatic carbocycles. The molecule has 0 bridgehead atoms. The van der Waals surface area contributed by atoms with Crippen molar-refractivity contribution in [1.82, 2.24) is 20.4 Å². The second kappa shape index (κ2) is 12.1. The summed E-state index contributed by atoms with van der Waals surface area (Å²) in [6, 6.07) is 12.1. The number of benzene rings is 1. The Labute approximate surface area is 194 Å². The van der Waals surface area contributed by atoms with E-state index in [1.807, 2.05) is 36.6 Å². The molecule has 29 heavy (non-hydrogen) atoms. The first-order chi connectivity index (χ1) is 13.7. The predicted molar refractivity (Wildman–Crippen MR) is 131 cm³/mol. The number of carbonyl (C=O) groups is 1. The third kappa shape index (κ3) is 6.97. The van der Waals surface area contributed by atoms with Crippen LogP contribution in [0.1, 0.15) is 20.8 Å². The highest BCUT2D eigenvalue weighted by Crippen LogP contribution is 2.13. The van der Waals surface area contributed by atoms with Crippen molar-refractivity contribution in [2.75, 3.05) is 46.8 Å². The molecule has 1 aliphatic rings. The van der Waals surface area contributed by atoms with Crippen molar-refractivity contribution in [3.8, 4) is 0 Å². The van der Waals surface area contributed by atoms with Gasteiger partial charge < -0.3 is 15.5 Å². The number of rotatable bonds is 6. The van der Waals surface area contributed by atoms with Crippen LogP contribution >= 0.6 is 35.3 Å². The number of amides is 1. The van der Waals surface area contributed by atoms with E-state index in [0.717, 1.165) is 57.2 Å². The number of carbonyl (C=O) groups excluding carboxylic acids is 1. The highest BCUT2D eigenvalue weighted by molar-refractivity contribution is 14.0. The summed E-state index contributed by atoms with van der Waals surface area (Å²) in [6.45, 7) is 5.90. The molecule has 158 valence electrons. The Morgan fingerprint density at radius 2 is 1.97 bits per heavy atom. The molecule has 1 aliphatic heterocycles. The lowest BCUT2D eigenvalue weighted by Crippen LogP contribution is -2.52. The zero-order valence-corrected chi connectivity index (χ0v) is 20.2. The van der Waals surface area contributed by atoms with Crippen molar-refractivity contribution in [3.63, 3.8) is 0 Å². The maximum atomic E-state index is 11.8. The van der Waals surface area contributed by atoms with Crippen LogP contribution in [0.4, 0.5) is 0 Å². The van der Waals surface area contributed by atoms with E-state index in [4.69, 9.17) is 0 Å². The number of hydrogen-bond donors (Lipinski definition) is 2. The van der Waals surface area contributed by atoms with E-state index in [9.17, 15) is 4.79 Å². The normalized spacial score (nSPS) is 15.0. The Hall–Kier alpha value is -1.65. The Kier molecular flexibility index (Phi) is 9.89. The Morgan fingerprint density at radius 3 is 2.62 bits per heavy atom. The van der Waals surface area contributed by atoms with Crippen LogP contribution in [0.3, 0.4) is 0 Å². The van der Waals surface area contributed by atoms with Gasteiger partial charge in [-0.05, 0) is 35.6 Å². The number of halogens is 1. The van der Waals surface area contributed by atoms with Crippen LogP contribution in [0.2, 0.25) is 0 Å². The molecule has 2 aromatic rings. The molecule has 0 spiro atoms. The number of nitrogens with zero attached hydrogens (tertiary/aromatic N) is 3. The Bertz CT molecular complexity index is 788. The molecule has 3 rings (SSSR count). The van der Waals surface area contributed by atoms with E-state index in [-0.39, 0.29) is 29.9 Å². The fraction of sp³-hybridized carbons (Fsp3) is 0.429. The van der Waals surface area contributed by atoms with Crippen LogP contribution in [-0.2, 0) is 13.0 Å². The molecular formula is C21H30IN5OS. The SMILES string of the molecule is CN=C(NCCc1cccc(C(=O)NC)c1)N1CCN(Cc2cccs2)CC1.I. The lowest BCUT2D eigenvalue weighted by Gasteiger charge is -2.36. The van der Waals surface area contributed by atoms with Gasteiger partial charge in [0.25, 0.3) is 5.91 Å². The quantitative estimate of drug-likeness (QED) is 0.345. The van der Waals surface area contributed by atoms with Crippen LogP contribution < -0.4 is 10.6 Å². The van der Waals surface area contributed by atoms with Gasteiger partial charge in [0.1, 0.15) is 0 Å². The van der Waals surface area contributed by atoms with Crippen LogP contribution in [0.5, 0.6) is 0 Å². The molecule has 1 saturated heterocycles. The van der Waals surface area contributed by atoms with Gasteiger partial charge in [-0.25, -0.2) is 0 Å². The van der Waals surface area contributed by atoms with Crippen LogP contribution in [0.25, 0.3) is 0 Å². The fourth-order valence-corrected chi connectivity index (χ4v) is 4.15. The van der Waals surface area contributed by atoms with E-state index < -0.39 is 0 Å². The minimum Gasteiger partial charge on any atom is -0.356 e. The van der Waals surface area contributed by atoms with Gasteiger partial charge in [0.05, 0.1) is 0 Å². The average molecular weight is 527 g/mol. The summed E-state index contributed by atoms with van der Waals surface area (Å²) in [5.74, 6) is 0.907. The van der Waals surface area contributed by atoms with Crippen molar-refractivity contribution in [1.29, 1.82) is 0 Å². The molecule has 0 saturated carbocycles. The summed E-state index contributed by atoms with van der Waals surface area (Å²) in [7, 11) is 3.49. The van der Waals surface area contributed by atoms with Crippen molar-refractivity contribution >= 4 is 47.2 Å². The first-order valence-corrected chi connectivity index (χ1v) is 10.6. The highest BCUT2D eigenvalue weighted by atomic mass is 127. The van der Waals surface area contributed by atoms with Gasteiger partial charge in [-0.1, -0.05) is 18.2 Å². The Balaban J connectivity index is 0.00000300. The number of hydrogen-bond acceptors (Lipinski definition) is 4. The molecule has 8 heteroatoms. The van der Waals surface area contributed by atoms with E-state index in [1.54, 1.807) is 7.05 Å². The number of thiophene rings is 1. The van der Waals surface area contributed by atoms with Gasteiger partial charge in [-0.3, -0.25) is 14.7 Å². The first kappa shape index (κ1) is 23.6. The molecule has 0 atom stereocenters. The number of nitrogens with one attached hydrogen (secondary N) is 2. The van der Waals surface area contributed by atoms with Crippen molar-refractivity contribution in [2.45, 2.75) is 13.0 Å². The summed E-state index contributed by atoms with van der Waals surface area (Å²) in [4.78, 5) is 22.5. The van der Waals surface area contributed by atoms with Gasteiger partial charge in [0, 0.05) is 63.8 Å². The number of guanidine groups is 1. The monoisotopic (exact) mass is 527 g/mol. The average Bonchev–Trinajstić information content (AvgIpc) is 3.25. The molecule has 1 fully saturated rings. The first-order valence-electron chi connectivity index (χ1n) is 9.71. The minimum atomic E-state index is -0.0500. The topological polar surface area (TPSA) is 60.0 Å². The maximum Gasteiger partial charge on any atom is 0.251 e. The van der Waals surface area contributed by atoms with Crippen molar-refractivity contribution < 1.29 is 4.79 Å². The van der Waals surface area contributed by atoms with Crippen LogP contribution in [0.15, 0.2) is 46.8 Å². The summed E-state index contributed by atoms with van der Waals surface area (Å²) >= 11 is 1.82. The number of aliphatic imine (C=N–C) groups is 1. The molecule has 0 radical (unpaired) electrons. The predicted octanol–water partition coefficient (Wildman–Crippen LogP) is 2.66. The summed E-state index contributed by atoms with van der Waals surface area (Å²) < 4.78 is 0. The van der Waals surface area contributed by atoms with E-state index in [2.05, 4.69) is 49.0 Å². The summed E-state index contributed by atoms with van der Waals surface area (Å²) in [5.41, 5.74) is 1.84. The molecule has 2 N–H and O–H groups in total. The van der Waals surface area contributed by atoms with Crippen molar-refractivity contribution in [2.24, 2.45) is 4.99 Å². The molecule has 0 unspecified atom stereocenters. The lowest BCUT2D eigenvalue weighted by atomic mass is 10.1. The lowest BCUT2D eigenvalue weighted by molar-refractivity contribution is 0.0963. The van der Waals surface area contributed by atoms with E-state index in [0.29, 0.717) is 5.56 Å². The molecule has 6 nitrogen and oxygen atoms in total. The highest BCUT2D eigenvalue weighted by Gasteiger charge is 2.19. The fourth-order valence-electron chi connectivity index (χ4n) is 3.40.